The van der Waals surface area contributed by atoms with Gasteiger partial charge in [-0.05, 0) is 80.3 Å². The van der Waals surface area contributed by atoms with E-state index in [-0.39, 0.29) is 60.7 Å². The molecule has 2 saturated carbocycles. The van der Waals surface area contributed by atoms with Crippen LogP contribution in [0.3, 0.4) is 0 Å². The molecule has 0 spiro atoms. The Hall–Kier alpha value is -2.92. The fourth-order valence-electron chi connectivity index (χ4n) is 5.42. The van der Waals surface area contributed by atoms with Crippen molar-refractivity contribution in [2.75, 3.05) is 5.75 Å². The van der Waals surface area contributed by atoms with Crippen LogP contribution in [0, 0.1) is 11.8 Å². The van der Waals surface area contributed by atoms with Gasteiger partial charge in [-0.15, -0.1) is 0 Å². The van der Waals surface area contributed by atoms with Gasteiger partial charge in [-0.1, -0.05) is 19.1 Å². The topological polar surface area (TPSA) is 101 Å². The number of imidazole rings is 1. The lowest BCUT2D eigenvalue weighted by atomic mass is 9.79. The van der Waals surface area contributed by atoms with E-state index in [1.54, 1.807) is 37.3 Å². The van der Waals surface area contributed by atoms with Gasteiger partial charge in [0.05, 0.1) is 27.6 Å². The van der Waals surface area contributed by atoms with Crippen molar-refractivity contribution in [3.8, 4) is 0 Å². The molecule has 3 aromatic rings. The maximum absolute atomic E-state index is 13.1. The first kappa shape index (κ1) is 27.6. The number of amides is 1. The first-order valence-corrected chi connectivity index (χ1v) is 15.0. The van der Waals surface area contributed by atoms with Crippen LogP contribution in [-0.4, -0.2) is 40.9 Å². The molecule has 0 aliphatic heterocycles. The molecule has 210 valence electrons. The van der Waals surface area contributed by atoms with Crippen LogP contribution in [0.5, 0.6) is 0 Å². The number of aromatic nitrogens is 2. The van der Waals surface area contributed by atoms with Crippen LogP contribution in [-0.2, 0) is 16.4 Å². The van der Waals surface area contributed by atoms with Gasteiger partial charge in [-0.2, -0.15) is 13.2 Å². The van der Waals surface area contributed by atoms with E-state index < -0.39 is 28.0 Å². The smallest absolute Gasteiger partial charge is 0.385 e. The van der Waals surface area contributed by atoms with Crippen LogP contribution < -0.4 is 5.32 Å². The molecule has 2 fully saturated rings. The summed E-state index contributed by atoms with van der Waals surface area (Å²) < 4.78 is 65.3. The molecule has 2 aliphatic carbocycles. The Kier molecular flexibility index (Phi) is 7.49. The Morgan fingerprint density at radius 2 is 1.74 bits per heavy atom. The van der Waals surface area contributed by atoms with E-state index in [1.807, 2.05) is 4.57 Å². The molecule has 5 rings (SSSR count). The third kappa shape index (κ3) is 5.84. The fraction of sp³-hybridized carbons (Fsp3) is 0.500. The Bertz CT molecular complexity index is 1460. The van der Waals surface area contributed by atoms with Crippen LogP contribution in [0.4, 0.5) is 13.2 Å². The third-order valence-corrected chi connectivity index (χ3v) is 9.70. The maximum atomic E-state index is 13.1. The zero-order valence-corrected chi connectivity index (χ0v) is 22.4. The Balaban J connectivity index is 1.30. The number of halogens is 3. The van der Waals surface area contributed by atoms with Crippen molar-refractivity contribution >= 4 is 26.8 Å². The van der Waals surface area contributed by atoms with Crippen molar-refractivity contribution < 1.29 is 31.5 Å². The first-order valence-electron chi connectivity index (χ1n) is 13.3. The highest BCUT2D eigenvalue weighted by Crippen LogP contribution is 2.45. The summed E-state index contributed by atoms with van der Waals surface area (Å²) >= 11 is 0. The lowest BCUT2D eigenvalue weighted by Gasteiger charge is -2.32. The van der Waals surface area contributed by atoms with E-state index in [1.165, 1.54) is 12.1 Å². The molecule has 0 bridgehead atoms. The minimum Gasteiger partial charge on any atom is -0.385 e. The zero-order chi connectivity index (χ0) is 27.9. The first-order chi connectivity index (χ1) is 18.5. The number of nitrogens with one attached hydrogen (secondary N) is 1. The van der Waals surface area contributed by atoms with Crippen molar-refractivity contribution in [3.63, 3.8) is 0 Å². The number of aliphatic hydroxyl groups excluding tert-OH is 1. The molecule has 11 heteroatoms. The van der Waals surface area contributed by atoms with Gasteiger partial charge in [0.15, 0.2) is 9.84 Å². The Morgan fingerprint density at radius 1 is 1.08 bits per heavy atom. The molecule has 39 heavy (non-hydrogen) atoms. The number of nitrogens with zero attached hydrogens (tertiary/aromatic N) is 2. The van der Waals surface area contributed by atoms with E-state index in [0.717, 1.165) is 23.9 Å². The summed E-state index contributed by atoms with van der Waals surface area (Å²) in [7, 11) is -3.29. The van der Waals surface area contributed by atoms with Gasteiger partial charge in [-0.25, -0.2) is 13.4 Å². The molecule has 7 nitrogen and oxygen atoms in total. The van der Waals surface area contributed by atoms with Crippen molar-refractivity contribution in [1.82, 2.24) is 14.9 Å². The van der Waals surface area contributed by atoms with E-state index in [4.69, 9.17) is 0 Å². The van der Waals surface area contributed by atoms with E-state index in [2.05, 4.69) is 10.3 Å². The number of rotatable bonds is 8. The highest BCUT2D eigenvalue weighted by atomic mass is 32.2. The highest BCUT2D eigenvalue weighted by molar-refractivity contribution is 7.91. The van der Waals surface area contributed by atoms with Crippen LogP contribution in [0.25, 0.3) is 11.0 Å². The summed E-state index contributed by atoms with van der Waals surface area (Å²) in [4.78, 5) is 17.8. The number of carbonyl (C=O) groups excluding carboxylic acids is 1. The van der Waals surface area contributed by atoms with Gasteiger partial charge in [0, 0.05) is 18.2 Å². The molecule has 2 N–H and O–H groups in total. The molecule has 0 saturated heterocycles. The number of aliphatic hydroxyl groups is 1. The summed E-state index contributed by atoms with van der Waals surface area (Å²) in [6, 6.07) is 11.7. The van der Waals surface area contributed by atoms with E-state index >= 15 is 0 Å². The minimum absolute atomic E-state index is 0.0103. The van der Waals surface area contributed by atoms with Gasteiger partial charge in [-0.3, -0.25) is 4.79 Å². The molecule has 1 heterocycles. The molecule has 2 aromatic carbocycles. The average molecular weight is 564 g/mol. The zero-order valence-electron chi connectivity index (χ0n) is 21.6. The van der Waals surface area contributed by atoms with Crippen LogP contribution in [0.15, 0.2) is 47.4 Å². The quantitative estimate of drug-likeness (QED) is 0.377. The molecule has 0 radical (unpaired) electrons. The van der Waals surface area contributed by atoms with Crippen molar-refractivity contribution in [1.29, 1.82) is 0 Å². The van der Waals surface area contributed by atoms with Gasteiger partial charge < -0.3 is 15.0 Å². The third-order valence-electron chi connectivity index (χ3n) is 7.95. The van der Waals surface area contributed by atoms with E-state index in [0.29, 0.717) is 16.9 Å². The normalized spacial score (nSPS) is 21.2. The summed E-state index contributed by atoms with van der Waals surface area (Å²) in [6.45, 7) is 1.80. The predicted octanol–water partition coefficient (Wildman–Crippen LogP) is 5.50. The summed E-state index contributed by atoms with van der Waals surface area (Å²) in [5, 5.41) is 14.0. The van der Waals surface area contributed by atoms with Gasteiger partial charge in [0.1, 0.15) is 11.9 Å². The van der Waals surface area contributed by atoms with Gasteiger partial charge in [0.2, 0.25) is 0 Å². The molecular weight excluding hydrogens is 531 g/mol. The van der Waals surface area contributed by atoms with Crippen LogP contribution in [0.1, 0.15) is 79.3 Å². The summed E-state index contributed by atoms with van der Waals surface area (Å²) in [5.74, 6) is -1.45. The van der Waals surface area contributed by atoms with Gasteiger partial charge >= 0.3 is 6.18 Å². The highest BCUT2D eigenvalue weighted by Gasteiger charge is 2.43. The fourth-order valence-corrected chi connectivity index (χ4v) is 6.31. The summed E-state index contributed by atoms with van der Waals surface area (Å²) in [5.41, 5.74) is 2.49. The number of hydrogen-bond acceptors (Lipinski definition) is 5. The van der Waals surface area contributed by atoms with Crippen LogP contribution in [0.2, 0.25) is 0 Å². The second kappa shape index (κ2) is 10.6. The lowest BCUT2D eigenvalue weighted by Crippen LogP contribution is -2.30. The van der Waals surface area contributed by atoms with Crippen molar-refractivity contribution in [3.05, 3.63) is 59.4 Å². The number of alkyl halides is 3. The molecule has 1 amide bonds. The molecule has 1 aromatic heterocycles. The molecule has 1 atom stereocenters. The average Bonchev–Trinajstić information content (AvgIpc) is 3.70. The number of fused-ring (bicyclic) bond motifs is 1. The number of sulfone groups is 1. The molecular formula is C28H32F3N3O4S. The maximum Gasteiger partial charge on any atom is 0.391 e. The van der Waals surface area contributed by atoms with Crippen molar-refractivity contribution in [2.45, 2.75) is 75.2 Å². The minimum atomic E-state index is -4.20. The number of benzene rings is 2. The lowest BCUT2D eigenvalue weighted by molar-refractivity contribution is -0.186. The van der Waals surface area contributed by atoms with Crippen LogP contribution >= 0.6 is 0 Å². The Morgan fingerprint density at radius 3 is 2.33 bits per heavy atom. The Labute approximate surface area is 225 Å². The van der Waals surface area contributed by atoms with Crippen molar-refractivity contribution in [2.24, 2.45) is 11.8 Å². The molecule has 0 unspecified atom stereocenters. The second-order valence-corrected chi connectivity index (χ2v) is 12.9. The molecule has 2 aliphatic rings. The second-order valence-electron chi connectivity index (χ2n) is 10.6. The number of hydrogen-bond donors (Lipinski definition) is 2. The predicted molar refractivity (Wildman–Crippen MR) is 140 cm³/mol. The largest absolute Gasteiger partial charge is 0.391 e. The standard InChI is InChI=1S/C28H32F3N3O4S/c1-2-39(37,38)22-12-3-17(4-13-22)16-32-27(36)19-7-14-24-23(15-19)33-26(34(24)21-10-11-21)25(35)18-5-8-20(9-6-18)28(29,30)31/h3-4,7,12-15,18,20-21,25,35H,2,5-6,8-11,16H2,1H3,(H,32,36)/t18-,20-,25-/m0/s1. The number of carbonyl (C=O) groups is 1. The SMILES string of the molecule is CCS(=O)(=O)c1ccc(CNC(=O)c2ccc3c(c2)nc([C@@H](O)[C@H]2CC[C@H](C(F)(F)F)CC2)n3C2CC2)cc1. The summed E-state index contributed by atoms with van der Waals surface area (Å²) in [6.07, 6.45) is -2.70. The monoisotopic (exact) mass is 563 g/mol. The van der Waals surface area contributed by atoms with E-state index in [9.17, 15) is 31.5 Å². The van der Waals surface area contributed by atoms with Gasteiger partial charge in [0.25, 0.3) is 5.91 Å².